The van der Waals surface area contributed by atoms with Gasteiger partial charge in [0.05, 0.1) is 41.0 Å². The molecule has 24 heteroatoms. The second-order valence-corrected chi connectivity index (χ2v) is 29.0. The molecule has 3 aromatic heterocycles. The third kappa shape index (κ3) is 16.7. The maximum absolute atomic E-state index is 13.7. The van der Waals surface area contributed by atoms with E-state index in [9.17, 15) is 43.2 Å². The fourth-order valence-corrected chi connectivity index (χ4v) is 17.9. The van der Waals surface area contributed by atoms with Crippen molar-refractivity contribution >= 4 is 110 Å². The Hall–Kier alpha value is -8.29. The summed E-state index contributed by atoms with van der Waals surface area (Å²) in [5.41, 5.74) is 11.2. The highest BCUT2D eigenvalue weighted by Gasteiger charge is 2.48. The van der Waals surface area contributed by atoms with Gasteiger partial charge in [-0.2, -0.15) is 0 Å². The van der Waals surface area contributed by atoms with Gasteiger partial charge in [0, 0.05) is 166 Å². The summed E-state index contributed by atoms with van der Waals surface area (Å²) in [6.45, 7) is 27.7. The number of hydrogen-bond donors (Lipinski definition) is 7. The number of aromatic amines is 3. The van der Waals surface area contributed by atoms with Crippen LogP contribution in [-0.2, 0) is 48.0 Å². The number of carbonyl (C=O) groups excluding carboxylic acids is 9. The molecule has 3 aliphatic heterocycles. The first-order valence-corrected chi connectivity index (χ1v) is 37.6. The summed E-state index contributed by atoms with van der Waals surface area (Å²) >= 11 is 2.60. The van der Waals surface area contributed by atoms with E-state index in [1.807, 2.05) is 39.0 Å². The molecule has 12 rings (SSSR count). The smallest absolute Gasteiger partial charge is 0.324 e. The van der Waals surface area contributed by atoms with E-state index in [4.69, 9.17) is 0 Å². The van der Waals surface area contributed by atoms with Crippen molar-refractivity contribution in [1.29, 1.82) is 0 Å². The summed E-state index contributed by atoms with van der Waals surface area (Å²) in [7, 11) is 0. The van der Waals surface area contributed by atoms with Gasteiger partial charge >= 0.3 is 18.1 Å². The first kappa shape index (κ1) is 74.4. The number of fused-ring (bicyclic) bond motifs is 6. The molecule has 0 unspecified atom stereocenters. The molecule has 22 nitrogen and oxygen atoms in total. The normalized spacial score (nSPS) is 21.8. The average molecular weight is 1400 g/mol. The van der Waals surface area contributed by atoms with Crippen LogP contribution in [0.15, 0.2) is 111 Å². The first-order chi connectivity index (χ1) is 48.3. The number of carbonyl (C=O) groups is 9. The zero-order valence-corrected chi connectivity index (χ0v) is 60.3. The van der Waals surface area contributed by atoms with Crippen LogP contribution in [0.4, 0.5) is 14.4 Å². The van der Waals surface area contributed by atoms with Crippen LogP contribution >= 0.6 is 23.5 Å². The molecule has 3 aromatic carbocycles. The summed E-state index contributed by atoms with van der Waals surface area (Å²) < 4.78 is 0. The highest BCUT2D eigenvalue weighted by atomic mass is 32.2. The Balaban J connectivity index is 0.000000162. The van der Waals surface area contributed by atoms with Crippen LogP contribution in [0.1, 0.15) is 118 Å². The van der Waals surface area contributed by atoms with Crippen molar-refractivity contribution in [1.82, 2.24) is 65.6 Å². The van der Waals surface area contributed by atoms with Crippen molar-refractivity contribution in [2.45, 2.75) is 122 Å². The number of amides is 10. The molecule has 0 spiro atoms. The van der Waals surface area contributed by atoms with Crippen LogP contribution in [-0.4, -0.2) is 211 Å². The number of H-pyrrole nitrogens is 3. The van der Waals surface area contributed by atoms with Crippen LogP contribution in [0, 0.1) is 17.8 Å². The minimum atomic E-state index is -0.394. The summed E-state index contributed by atoms with van der Waals surface area (Å²) in [6, 6.07) is 18.8. The number of hydrogen-bond acceptors (Lipinski definition) is 14. The molecule has 534 valence electrons. The zero-order chi connectivity index (χ0) is 71.3. The summed E-state index contributed by atoms with van der Waals surface area (Å²) in [4.78, 5) is 134. The van der Waals surface area contributed by atoms with Gasteiger partial charge in [-0.15, -0.1) is 43.3 Å². The van der Waals surface area contributed by atoms with Crippen LogP contribution in [0.5, 0.6) is 0 Å². The van der Waals surface area contributed by atoms with Crippen molar-refractivity contribution in [2.75, 3.05) is 95.3 Å². The number of likely N-dealkylation sites (tertiary alicyclic amines) is 3. The number of aromatic nitrogens is 3. The average Bonchev–Trinajstić information content (AvgIpc) is 1.45. The third-order valence-electron chi connectivity index (χ3n) is 20.4. The topological polar surface area (TPSA) is 269 Å². The maximum atomic E-state index is 13.7. The molecule has 3 aliphatic carbocycles. The number of Topliss-reactive ketones (excluding diaryl/α,β-unsaturated/α-hetero) is 2. The van der Waals surface area contributed by atoms with Crippen molar-refractivity contribution < 1.29 is 43.2 Å². The van der Waals surface area contributed by atoms with Crippen LogP contribution in [0.2, 0.25) is 0 Å². The SMILES string of the molecule is C=CCN1C[C@H](C(=O)N(CCCNC(C)=O)C(=O)NCC)C[C@@H]2c3cccc4[nH]cc(c34)C[C@H]21.C=CCN1C[C@H](C(=O)N(CSCC(C)=O)C(=O)NCC)C[C@@H]2c3cccc4[nH]cc(c34)C[C@H]21.C=CCN1C[C@H](C(=O)N(CSCC(C)=O)C(=O)NCC)C[C@@H]2c3cccc4[nH]cc(c34)C[C@H]21. The molecule has 9 atom stereocenters. The van der Waals surface area contributed by atoms with E-state index in [1.54, 1.807) is 0 Å². The largest absolute Gasteiger partial charge is 0.361 e. The van der Waals surface area contributed by atoms with Gasteiger partial charge in [0.2, 0.25) is 23.6 Å². The van der Waals surface area contributed by atoms with Gasteiger partial charge in [-0.3, -0.25) is 58.2 Å². The van der Waals surface area contributed by atoms with E-state index in [0.717, 1.165) is 35.8 Å². The highest BCUT2D eigenvalue weighted by molar-refractivity contribution is 8.00. The van der Waals surface area contributed by atoms with Gasteiger partial charge in [-0.25, -0.2) is 14.4 Å². The van der Waals surface area contributed by atoms with E-state index in [2.05, 4.69) is 144 Å². The summed E-state index contributed by atoms with van der Waals surface area (Å²) in [5, 5.41) is 14.9. The Morgan fingerprint density at radius 1 is 0.490 bits per heavy atom. The first-order valence-electron chi connectivity index (χ1n) is 35.3. The van der Waals surface area contributed by atoms with Gasteiger partial charge in [0.1, 0.15) is 11.6 Å². The van der Waals surface area contributed by atoms with Gasteiger partial charge in [0.15, 0.2) is 0 Å². The number of nitrogens with zero attached hydrogens (tertiary/aromatic N) is 6. The van der Waals surface area contributed by atoms with Gasteiger partial charge in [0.25, 0.3) is 0 Å². The molecule has 0 radical (unpaired) electrons. The van der Waals surface area contributed by atoms with E-state index < -0.39 is 12.1 Å². The number of piperidine rings is 3. The fourth-order valence-electron chi connectivity index (χ4n) is 16.3. The molecule has 10 amide bonds. The van der Waals surface area contributed by atoms with Crippen molar-refractivity contribution in [2.24, 2.45) is 17.8 Å². The molecule has 6 aromatic rings. The predicted octanol–water partition coefficient (Wildman–Crippen LogP) is 9.81. The number of urea groups is 3. The second-order valence-electron chi connectivity index (χ2n) is 27.1. The highest BCUT2D eigenvalue weighted by Crippen LogP contribution is 2.48. The van der Waals surface area contributed by atoms with Gasteiger partial charge < -0.3 is 36.2 Å². The Morgan fingerprint density at radius 3 is 1.13 bits per heavy atom. The van der Waals surface area contributed by atoms with E-state index in [-0.39, 0.29) is 107 Å². The van der Waals surface area contributed by atoms with E-state index >= 15 is 0 Å². The van der Waals surface area contributed by atoms with E-state index in [1.165, 1.54) is 109 Å². The number of ketones is 2. The molecule has 0 bridgehead atoms. The third-order valence-corrected chi connectivity index (χ3v) is 22.5. The molecular weight excluding hydrogens is 1300 g/mol. The number of imide groups is 3. The molecule has 100 heavy (non-hydrogen) atoms. The Bertz CT molecular complexity index is 3840. The van der Waals surface area contributed by atoms with E-state index in [0.29, 0.717) is 109 Å². The molecule has 6 aliphatic rings. The maximum Gasteiger partial charge on any atom is 0.324 e. The molecule has 3 saturated heterocycles. The van der Waals surface area contributed by atoms with Crippen LogP contribution in [0.3, 0.4) is 0 Å². The minimum absolute atomic E-state index is 0.0265. The van der Waals surface area contributed by atoms with Crippen molar-refractivity contribution in [3.63, 3.8) is 0 Å². The Labute approximate surface area is 595 Å². The summed E-state index contributed by atoms with van der Waals surface area (Å²) in [5.74, 6) is 0.0839. The van der Waals surface area contributed by atoms with Crippen LogP contribution in [0.25, 0.3) is 32.7 Å². The van der Waals surface area contributed by atoms with Crippen molar-refractivity contribution in [3.8, 4) is 0 Å². The number of nitrogens with one attached hydrogen (secondary N) is 7. The Kier molecular flexibility index (Phi) is 25.6. The molecular formula is C76H99N13O9S2. The monoisotopic (exact) mass is 1400 g/mol. The predicted molar refractivity (Wildman–Crippen MR) is 397 cm³/mol. The lowest BCUT2D eigenvalue weighted by atomic mass is 9.72. The molecule has 7 N–H and O–H groups in total. The quantitative estimate of drug-likeness (QED) is 0.0169. The number of thioether (sulfide) groups is 2. The lowest BCUT2D eigenvalue weighted by Gasteiger charge is -2.47. The van der Waals surface area contributed by atoms with Gasteiger partial charge in [-0.1, -0.05) is 54.6 Å². The second kappa shape index (κ2) is 34.4. The molecule has 3 fully saturated rings. The van der Waals surface area contributed by atoms with Gasteiger partial charge in [-0.05, 0) is 131 Å². The molecule has 0 saturated carbocycles. The standard InChI is InChI=1S/C26H35N5O3.2C25H32N4O3S/c1-4-11-30-16-19(25(33)31(26(34)27-5-2)12-7-10-28-17(3)32)13-21-20-8-6-9-22-24(20)18(15-29-22)14-23(21)30;2*1-4-9-28-13-18(24(31)29(25(32)26-5-2)15-33-14-16(3)30)10-20-19-7-6-8-21-23(19)17(12-27-21)11-22(20)28/h4,6,8-9,15,19,21,23,29H,1,5,7,10-14,16H2,2-3H3,(H,27,34)(H,28,32);2*4,6-8,12,18,20,22,27H,1,5,9-11,13-15H2,2-3H3,(H,26,32)/t19-,21-,23-;2*18-,20-,22-/m111/s1. The number of rotatable bonds is 24. The number of benzene rings is 3. The lowest BCUT2D eigenvalue weighted by molar-refractivity contribution is -0.136. The Morgan fingerprint density at radius 2 is 0.820 bits per heavy atom. The summed E-state index contributed by atoms with van der Waals surface area (Å²) in [6.07, 6.45) is 17.4. The zero-order valence-electron chi connectivity index (χ0n) is 58.7. The lowest BCUT2D eigenvalue weighted by Crippen LogP contribution is -2.55. The molecule has 6 heterocycles. The minimum Gasteiger partial charge on any atom is -0.361 e. The van der Waals surface area contributed by atoms with Crippen LogP contribution < -0.4 is 21.3 Å². The fraction of sp³-hybridized carbons (Fsp3) is 0.487. The van der Waals surface area contributed by atoms with Crippen molar-refractivity contribution in [3.05, 3.63) is 145 Å².